The van der Waals surface area contributed by atoms with Gasteiger partial charge in [0.2, 0.25) is 0 Å². The van der Waals surface area contributed by atoms with Crippen molar-refractivity contribution in [2.24, 2.45) is 0 Å². The molecule has 0 amide bonds. The highest BCUT2D eigenvalue weighted by molar-refractivity contribution is 7.26. The maximum Gasteiger partial charge on any atom is 0.132 e. The molecule has 3 heterocycles. The van der Waals surface area contributed by atoms with Crippen molar-refractivity contribution in [2.45, 2.75) is 12.3 Å². The van der Waals surface area contributed by atoms with Gasteiger partial charge in [0.1, 0.15) is 5.65 Å². The van der Waals surface area contributed by atoms with Gasteiger partial charge in [-0.15, -0.1) is 11.3 Å². The molecule has 0 radical (unpaired) electrons. The normalized spacial score (nSPS) is 14.9. The Balaban J connectivity index is 1.23. The van der Waals surface area contributed by atoms with Crippen molar-refractivity contribution in [3.05, 3.63) is 193 Å². The Labute approximate surface area is 289 Å². The highest BCUT2D eigenvalue weighted by atomic mass is 32.1. The average molecular weight is 645 g/mol. The van der Waals surface area contributed by atoms with Gasteiger partial charge < -0.3 is 0 Å². The SMILES string of the molecule is C1=C(c2ccccc2)C=C(c2ccccc2)CC1c1cccc(-n2c3c4ccccc4sc3c3c4ccccc4n(-c4ccccc4)c32)c1. The van der Waals surface area contributed by atoms with Crippen molar-refractivity contribution in [1.29, 1.82) is 0 Å². The van der Waals surface area contributed by atoms with Gasteiger partial charge in [-0.05, 0) is 70.7 Å². The largest absolute Gasteiger partial charge is 0.295 e. The molecule has 10 rings (SSSR count). The first-order valence-corrected chi connectivity index (χ1v) is 17.8. The van der Waals surface area contributed by atoms with Crippen LogP contribution in [-0.4, -0.2) is 9.13 Å². The average Bonchev–Trinajstić information content (AvgIpc) is 3.82. The number of thiophene rings is 1. The summed E-state index contributed by atoms with van der Waals surface area (Å²) in [6, 6.07) is 59.6. The second kappa shape index (κ2) is 11.4. The number of hydrogen-bond donors (Lipinski definition) is 0. The van der Waals surface area contributed by atoms with E-state index >= 15 is 0 Å². The van der Waals surface area contributed by atoms with Crippen LogP contribution in [0.4, 0.5) is 0 Å². The lowest BCUT2D eigenvalue weighted by atomic mass is 9.81. The van der Waals surface area contributed by atoms with Crippen LogP contribution in [0.1, 0.15) is 29.0 Å². The van der Waals surface area contributed by atoms with Gasteiger partial charge in [0.15, 0.2) is 0 Å². The second-order valence-electron chi connectivity index (χ2n) is 12.9. The molecular weight excluding hydrogens is 613 g/mol. The van der Waals surface area contributed by atoms with Crippen LogP contribution in [0.3, 0.4) is 0 Å². The highest BCUT2D eigenvalue weighted by Gasteiger charge is 2.26. The zero-order valence-corrected chi connectivity index (χ0v) is 27.6. The second-order valence-corrected chi connectivity index (χ2v) is 14.0. The van der Waals surface area contributed by atoms with Gasteiger partial charge in [-0.1, -0.05) is 140 Å². The number of fused-ring (bicyclic) bond motifs is 7. The van der Waals surface area contributed by atoms with E-state index in [1.165, 1.54) is 81.5 Å². The van der Waals surface area contributed by atoms with Crippen molar-refractivity contribution in [3.63, 3.8) is 0 Å². The molecule has 1 atom stereocenters. The fourth-order valence-corrected chi connectivity index (χ4v) is 9.10. The molecule has 0 N–H and O–H groups in total. The Morgan fingerprint density at radius 2 is 1.20 bits per heavy atom. The molecule has 49 heavy (non-hydrogen) atoms. The summed E-state index contributed by atoms with van der Waals surface area (Å²) in [6.07, 6.45) is 5.81. The van der Waals surface area contributed by atoms with Gasteiger partial charge in [0, 0.05) is 38.2 Å². The van der Waals surface area contributed by atoms with Gasteiger partial charge in [-0.2, -0.15) is 0 Å². The van der Waals surface area contributed by atoms with Gasteiger partial charge in [-0.25, -0.2) is 0 Å². The van der Waals surface area contributed by atoms with Gasteiger partial charge in [-0.3, -0.25) is 9.13 Å². The minimum Gasteiger partial charge on any atom is -0.295 e. The van der Waals surface area contributed by atoms with E-state index in [9.17, 15) is 0 Å². The molecule has 0 bridgehead atoms. The number of nitrogens with zero attached hydrogens (tertiary/aromatic N) is 2. The Hall–Kier alpha value is -5.90. The number of rotatable bonds is 5. The highest BCUT2D eigenvalue weighted by Crippen LogP contribution is 2.47. The number of benzene rings is 6. The van der Waals surface area contributed by atoms with Crippen LogP contribution in [0.2, 0.25) is 0 Å². The molecule has 0 saturated heterocycles. The smallest absolute Gasteiger partial charge is 0.132 e. The van der Waals surface area contributed by atoms with Crippen LogP contribution in [0.15, 0.2) is 176 Å². The Kier molecular flexibility index (Phi) is 6.53. The summed E-state index contributed by atoms with van der Waals surface area (Å²) in [4.78, 5) is 0. The summed E-state index contributed by atoms with van der Waals surface area (Å²) in [6.45, 7) is 0. The predicted molar refractivity (Wildman–Crippen MR) is 209 cm³/mol. The molecule has 1 aliphatic rings. The summed E-state index contributed by atoms with van der Waals surface area (Å²) >= 11 is 1.91. The molecule has 232 valence electrons. The molecule has 2 nitrogen and oxygen atoms in total. The first-order valence-electron chi connectivity index (χ1n) is 17.0. The molecule has 3 heteroatoms. The van der Waals surface area contributed by atoms with Crippen molar-refractivity contribution in [1.82, 2.24) is 9.13 Å². The van der Waals surface area contributed by atoms with Crippen molar-refractivity contribution in [3.8, 4) is 11.4 Å². The number of para-hydroxylation sites is 2. The van der Waals surface area contributed by atoms with Crippen molar-refractivity contribution >= 4 is 64.7 Å². The molecule has 0 spiro atoms. The summed E-state index contributed by atoms with van der Waals surface area (Å²) in [5.74, 6) is 0.233. The molecule has 0 saturated carbocycles. The first-order chi connectivity index (χ1) is 24.3. The standard InChI is InChI=1S/C46H32N2S/c1-4-15-31(16-5-1)34-27-35(32-17-6-2-7-18-32)29-36(28-34)33-19-14-22-38(30-33)48-44-40-24-11-13-26-42(40)49-45(44)43-39-23-10-12-25-41(39)47(46(43)48)37-20-8-3-9-21-37/h1-28,30,36H,29H2. The minimum atomic E-state index is 0.233. The minimum absolute atomic E-state index is 0.233. The van der Waals surface area contributed by atoms with Crippen LogP contribution < -0.4 is 0 Å². The maximum absolute atomic E-state index is 2.54. The van der Waals surface area contributed by atoms with Gasteiger partial charge in [0.05, 0.1) is 15.7 Å². The molecule has 0 fully saturated rings. The molecular formula is C46H32N2S. The lowest BCUT2D eigenvalue weighted by Gasteiger charge is -2.24. The van der Waals surface area contributed by atoms with Gasteiger partial charge in [0.25, 0.3) is 0 Å². The number of allylic oxidation sites excluding steroid dienone is 4. The summed E-state index contributed by atoms with van der Waals surface area (Å²) in [5, 5.41) is 3.90. The summed E-state index contributed by atoms with van der Waals surface area (Å²) in [7, 11) is 0. The topological polar surface area (TPSA) is 9.86 Å². The monoisotopic (exact) mass is 644 g/mol. The fourth-order valence-electron chi connectivity index (χ4n) is 7.86. The molecule has 9 aromatic rings. The maximum atomic E-state index is 2.54. The van der Waals surface area contributed by atoms with E-state index < -0.39 is 0 Å². The van der Waals surface area contributed by atoms with Crippen LogP contribution in [0.5, 0.6) is 0 Å². The molecule has 6 aromatic carbocycles. The van der Waals surface area contributed by atoms with Gasteiger partial charge >= 0.3 is 0 Å². The number of hydrogen-bond acceptors (Lipinski definition) is 1. The Morgan fingerprint density at radius 3 is 2.00 bits per heavy atom. The molecule has 3 aromatic heterocycles. The van der Waals surface area contributed by atoms with E-state index in [4.69, 9.17) is 0 Å². The first kappa shape index (κ1) is 28.1. The van der Waals surface area contributed by atoms with Crippen LogP contribution in [-0.2, 0) is 0 Å². The van der Waals surface area contributed by atoms with Crippen LogP contribution in [0, 0.1) is 0 Å². The van der Waals surface area contributed by atoms with Crippen LogP contribution in [0.25, 0.3) is 64.8 Å². The molecule has 1 unspecified atom stereocenters. The van der Waals surface area contributed by atoms with Crippen LogP contribution >= 0.6 is 11.3 Å². The third kappa shape index (κ3) is 4.54. The summed E-state index contributed by atoms with van der Waals surface area (Å²) in [5.41, 5.74) is 12.6. The van der Waals surface area contributed by atoms with E-state index in [1.54, 1.807) is 0 Å². The quantitative estimate of drug-likeness (QED) is 0.176. The Morgan fingerprint density at radius 1 is 0.551 bits per heavy atom. The third-order valence-electron chi connectivity index (χ3n) is 10.1. The number of aromatic nitrogens is 2. The lowest BCUT2D eigenvalue weighted by molar-refractivity contribution is 0.868. The Bertz CT molecular complexity index is 2720. The fraction of sp³-hybridized carbons (Fsp3) is 0.0435. The van der Waals surface area contributed by atoms with E-state index in [0.29, 0.717) is 0 Å². The molecule has 0 aliphatic heterocycles. The van der Waals surface area contributed by atoms with E-state index in [2.05, 4.69) is 185 Å². The summed E-state index contributed by atoms with van der Waals surface area (Å²) < 4.78 is 7.66. The van der Waals surface area contributed by atoms with Crippen molar-refractivity contribution < 1.29 is 0 Å². The van der Waals surface area contributed by atoms with E-state index in [0.717, 1.165) is 6.42 Å². The lowest BCUT2D eigenvalue weighted by Crippen LogP contribution is -2.06. The third-order valence-corrected chi connectivity index (χ3v) is 11.2. The van der Waals surface area contributed by atoms with E-state index in [1.807, 2.05) is 11.3 Å². The molecule has 1 aliphatic carbocycles. The zero-order chi connectivity index (χ0) is 32.3. The zero-order valence-electron chi connectivity index (χ0n) is 26.8. The van der Waals surface area contributed by atoms with E-state index in [-0.39, 0.29) is 5.92 Å². The van der Waals surface area contributed by atoms with Crippen molar-refractivity contribution in [2.75, 3.05) is 0 Å². The predicted octanol–water partition coefficient (Wildman–Crippen LogP) is 12.6.